The van der Waals surface area contributed by atoms with Crippen LogP contribution in [0, 0.1) is 0 Å². The fourth-order valence-electron chi connectivity index (χ4n) is 1.36. The van der Waals surface area contributed by atoms with Crippen molar-refractivity contribution in [3.05, 3.63) is 18.2 Å². The number of nitrogen functional groups attached to an aromatic ring is 1. The minimum absolute atomic E-state index is 0.00810. The van der Waals surface area contributed by atoms with Gasteiger partial charge in [-0.25, -0.2) is 13.6 Å². The van der Waals surface area contributed by atoms with Crippen LogP contribution < -0.4 is 21.5 Å². The number of sulfonamides is 1. The van der Waals surface area contributed by atoms with Crippen LogP contribution in [0.5, 0.6) is 0 Å². The Balaban J connectivity index is 3.09. The Bertz CT molecular complexity index is 541. The van der Waals surface area contributed by atoms with E-state index < -0.39 is 15.9 Å². The molecule has 1 aromatic carbocycles. The third kappa shape index (κ3) is 3.33. The van der Waals surface area contributed by atoms with Crippen molar-refractivity contribution in [2.45, 2.75) is 4.90 Å². The predicted octanol–water partition coefficient (Wildman–Crippen LogP) is -1.16. The van der Waals surface area contributed by atoms with Gasteiger partial charge in [0.25, 0.3) is 0 Å². The van der Waals surface area contributed by atoms with Crippen LogP contribution in [-0.4, -0.2) is 27.9 Å². The Hall–Kier alpha value is -1.80. The molecule has 6 N–H and O–H groups in total. The van der Waals surface area contributed by atoms with Gasteiger partial charge in [-0.2, -0.15) is 0 Å². The van der Waals surface area contributed by atoms with Crippen molar-refractivity contribution in [3.8, 4) is 0 Å². The van der Waals surface area contributed by atoms with Crippen molar-refractivity contribution in [2.24, 2.45) is 10.9 Å². The van der Waals surface area contributed by atoms with E-state index in [-0.39, 0.29) is 17.1 Å². The van der Waals surface area contributed by atoms with Crippen LogP contribution in [0.1, 0.15) is 0 Å². The molecule has 0 saturated heterocycles. The number of nitrogens with two attached hydrogens (primary N) is 3. The monoisotopic (exact) mass is 258 g/mol. The minimum Gasteiger partial charge on any atom is -0.398 e. The lowest BCUT2D eigenvalue weighted by Crippen LogP contribution is -2.30. The molecule has 0 spiro atoms. The van der Waals surface area contributed by atoms with E-state index in [1.54, 1.807) is 11.9 Å². The first-order valence-corrected chi connectivity index (χ1v) is 6.18. The van der Waals surface area contributed by atoms with Crippen molar-refractivity contribution >= 4 is 27.3 Å². The average Bonchev–Trinajstić information content (AvgIpc) is 2.14. The lowest BCUT2D eigenvalue weighted by molar-refractivity contribution is -0.116. The van der Waals surface area contributed by atoms with Crippen molar-refractivity contribution < 1.29 is 13.2 Å². The zero-order chi connectivity index (χ0) is 13.2. The van der Waals surface area contributed by atoms with Crippen LogP contribution in [0.4, 0.5) is 11.4 Å². The maximum atomic E-state index is 11.1. The van der Waals surface area contributed by atoms with E-state index in [1.807, 2.05) is 0 Å². The summed E-state index contributed by atoms with van der Waals surface area (Å²) in [5.74, 6) is -0.499. The number of benzene rings is 1. The Morgan fingerprint density at radius 1 is 1.41 bits per heavy atom. The van der Waals surface area contributed by atoms with Crippen LogP contribution >= 0.6 is 0 Å². The number of carbonyl (C=O) groups excluding carboxylic acids is 1. The van der Waals surface area contributed by atoms with E-state index in [0.717, 1.165) is 0 Å². The number of nitrogens with zero attached hydrogens (tertiary/aromatic N) is 1. The number of primary amides is 1. The van der Waals surface area contributed by atoms with Crippen molar-refractivity contribution in [1.29, 1.82) is 0 Å². The van der Waals surface area contributed by atoms with E-state index in [1.165, 1.54) is 18.2 Å². The Labute approximate surface area is 99.2 Å². The zero-order valence-electron chi connectivity index (χ0n) is 9.25. The largest absolute Gasteiger partial charge is 0.398 e. The van der Waals surface area contributed by atoms with Gasteiger partial charge in [0.05, 0.1) is 12.2 Å². The molecule has 0 aliphatic carbocycles. The van der Waals surface area contributed by atoms with Gasteiger partial charge in [-0.3, -0.25) is 4.79 Å². The summed E-state index contributed by atoms with van der Waals surface area (Å²) in [7, 11) is -2.20. The molecule has 17 heavy (non-hydrogen) atoms. The summed E-state index contributed by atoms with van der Waals surface area (Å²) in [6, 6.07) is 4.21. The summed E-state index contributed by atoms with van der Waals surface area (Å²) < 4.78 is 22.2. The van der Waals surface area contributed by atoms with Crippen LogP contribution in [-0.2, 0) is 14.8 Å². The number of likely N-dealkylation sites (N-methyl/N-ethyl adjacent to an activating group) is 1. The molecule has 0 unspecified atom stereocenters. The van der Waals surface area contributed by atoms with E-state index in [0.29, 0.717) is 5.69 Å². The van der Waals surface area contributed by atoms with Crippen molar-refractivity contribution in [1.82, 2.24) is 0 Å². The molecule has 0 fully saturated rings. The molecular formula is C9H14N4O3S. The molecule has 7 nitrogen and oxygen atoms in total. The molecule has 0 radical (unpaired) electrons. The Morgan fingerprint density at radius 2 is 2.00 bits per heavy atom. The van der Waals surface area contributed by atoms with Gasteiger partial charge in [0.1, 0.15) is 4.90 Å². The molecule has 0 heterocycles. The zero-order valence-corrected chi connectivity index (χ0v) is 10.1. The standard InChI is InChI=1S/C9H14N4O3S/c1-13(5-9(11)14)6-2-3-8(7(10)4-6)17(12,15)16/h2-4H,5,10H2,1H3,(H2,11,14)(H2,12,15,16). The fraction of sp³-hybridized carbons (Fsp3) is 0.222. The maximum absolute atomic E-state index is 11.1. The van der Waals surface area contributed by atoms with Crippen LogP contribution in [0.15, 0.2) is 23.1 Å². The number of anilines is 2. The normalized spacial score (nSPS) is 11.2. The molecule has 1 rings (SSSR count). The second-order valence-electron chi connectivity index (χ2n) is 3.59. The Morgan fingerprint density at radius 3 is 2.41 bits per heavy atom. The number of hydrogen-bond acceptors (Lipinski definition) is 5. The number of amides is 1. The highest BCUT2D eigenvalue weighted by Crippen LogP contribution is 2.23. The summed E-state index contributed by atoms with van der Waals surface area (Å²) in [4.78, 5) is 12.1. The third-order valence-corrected chi connectivity index (χ3v) is 3.12. The predicted molar refractivity (Wildman–Crippen MR) is 64.7 cm³/mol. The highest BCUT2D eigenvalue weighted by Gasteiger charge is 2.13. The molecule has 1 amide bonds. The molecule has 0 aliphatic rings. The van der Waals surface area contributed by atoms with Crippen LogP contribution in [0.2, 0.25) is 0 Å². The number of primary sulfonamides is 1. The lowest BCUT2D eigenvalue weighted by Gasteiger charge is -2.18. The second kappa shape index (κ2) is 4.60. The topological polar surface area (TPSA) is 133 Å². The van der Waals surface area contributed by atoms with Crippen molar-refractivity contribution in [3.63, 3.8) is 0 Å². The number of hydrogen-bond donors (Lipinski definition) is 3. The first kappa shape index (κ1) is 13.3. The number of carbonyl (C=O) groups is 1. The van der Waals surface area contributed by atoms with E-state index in [2.05, 4.69) is 0 Å². The van der Waals surface area contributed by atoms with Gasteiger partial charge in [0.15, 0.2) is 0 Å². The molecule has 0 aliphatic heterocycles. The third-order valence-electron chi connectivity index (χ3n) is 2.13. The van der Waals surface area contributed by atoms with Gasteiger partial charge < -0.3 is 16.4 Å². The van der Waals surface area contributed by atoms with E-state index in [9.17, 15) is 13.2 Å². The van der Waals surface area contributed by atoms with Gasteiger partial charge in [-0.15, -0.1) is 0 Å². The summed E-state index contributed by atoms with van der Waals surface area (Å²) in [5, 5.41) is 4.97. The lowest BCUT2D eigenvalue weighted by atomic mass is 10.2. The summed E-state index contributed by atoms with van der Waals surface area (Å²) in [6.07, 6.45) is 0. The SMILES string of the molecule is CN(CC(N)=O)c1ccc(S(N)(=O)=O)c(N)c1. The Kier molecular flexibility index (Phi) is 3.59. The van der Waals surface area contributed by atoms with E-state index in [4.69, 9.17) is 16.6 Å². The molecule has 0 bridgehead atoms. The first-order valence-electron chi connectivity index (χ1n) is 4.63. The molecule has 0 aromatic heterocycles. The van der Waals surface area contributed by atoms with Crippen molar-refractivity contribution in [2.75, 3.05) is 24.2 Å². The van der Waals surface area contributed by atoms with Gasteiger partial charge in [-0.05, 0) is 18.2 Å². The van der Waals surface area contributed by atoms with Gasteiger partial charge in [0, 0.05) is 12.7 Å². The van der Waals surface area contributed by atoms with Crippen LogP contribution in [0.25, 0.3) is 0 Å². The van der Waals surface area contributed by atoms with Gasteiger partial charge >= 0.3 is 0 Å². The molecule has 0 atom stereocenters. The summed E-state index contributed by atoms with van der Waals surface area (Å²) >= 11 is 0. The average molecular weight is 258 g/mol. The fourth-order valence-corrected chi connectivity index (χ4v) is 2.00. The van der Waals surface area contributed by atoms with E-state index >= 15 is 0 Å². The molecule has 0 saturated carbocycles. The molecular weight excluding hydrogens is 244 g/mol. The highest BCUT2D eigenvalue weighted by molar-refractivity contribution is 7.89. The maximum Gasteiger partial charge on any atom is 0.240 e. The first-order chi connectivity index (χ1) is 7.71. The molecule has 8 heteroatoms. The highest BCUT2D eigenvalue weighted by atomic mass is 32.2. The summed E-state index contributed by atoms with van der Waals surface area (Å²) in [5.41, 5.74) is 11.2. The molecule has 94 valence electrons. The minimum atomic E-state index is -3.83. The van der Waals surface area contributed by atoms with Gasteiger partial charge in [-0.1, -0.05) is 0 Å². The van der Waals surface area contributed by atoms with Gasteiger partial charge in [0.2, 0.25) is 15.9 Å². The quantitative estimate of drug-likeness (QED) is 0.586. The van der Waals surface area contributed by atoms with Crippen LogP contribution in [0.3, 0.4) is 0 Å². The second-order valence-corrected chi connectivity index (χ2v) is 5.12. The summed E-state index contributed by atoms with van der Waals surface area (Å²) in [6.45, 7) is 0.00810. The smallest absolute Gasteiger partial charge is 0.240 e. The molecule has 1 aromatic rings. The number of rotatable bonds is 4.